The lowest BCUT2D eigenvalue weighted by molar-refractivity contribution is 0.424. The molecule has 0 fully saturated rings. The number of hydrogen-bond donors (Lipinski definition) is 1. The zero-order chi connectivity index (χ0) is 16.2. The van der Waals surface area contributed by atoms with Crippen LogP contribution in [0.3, 0.4) is 0 Å². The number of nitrogens with one attached hydrogen (secondary N) is 1. The largest absolute Gasteiger partial charge is 0.372 e. The second kappa shape index (κ2) is 7.51. The summed E-state index contributed by atoms with van der Waals surface area (Å²) in [6.07, 6.45) is 1.18. The van der Waals surface area contributed by atoms with Crippen molar-refractivity contribution in [3.8, 4) is 0 Å². The van der Waals surface area contributed by atoms with Gasteiger partial charge in [-0.25, -0.2) is 0 Å². The molecule has 0 saturated heterocycles. The predicted molar refractivity (Wildman–Crippen MR) is 95.4 cm³/mol. The van der Waals surface area contributed by atoms with Gasteiger partial charge in [0, 0.05) is 35.9 Å². The molecule has 3 heteroatoms. The van der Waals surface area contributed by atoms with Crippen molar-refractivity contribution in [2.45, 2.75) is 66.1 Å². The van der Waals surface area contributed by atoms with Gasteiger partial charge < -0.3 is 10.2 Å². The van der Waals surface area contributed by atoms with E-state index >= 15 is 0 Å². The molecule has 0 heterocycles. The lowest BCUT2D eigenvalue weighted by Crippen LogP contribution is -2.36. The molecular weight excluding hydrogens is 280 g/mol. The Bertz CT molecular complexity index is 449. The zero-order valence-corrected chi connectivity index (χ0v) is 15.4. The first kappa shape index (κ1) is 18.3. The molecule has 0 amide bonds. The van der Waals surface area contributed by atoms with E-state index in [-0.39, 0.29) is 5.54 Å². The van der Waals surface area contributed by atoms with Gasteiger partial charge in [-0.15, -0.1) is 0 Å². The van der Waals surface area contributed by atoms with Gasteiger partial charge in [-0.1, -0.05) is 31.5 Å². The monoisotopic (exact) mass is 310 g/mol. The van der Waals surface area contributed by atoms with Gasteiger partial charge in [-0.05, 0) is 57.7 Å². The Kier molecular flexibility index (Phi) is 6.55. The van der Waals surface area contributed by atoms with E-state index in [1.54, 1.807) is 0 Å². The van der Waals surface area contributed by atoms with Crippen LogP contribution in [-0.2, 0) is 6.54 Å². The summed E-state index contributed by atoms with van der Waals surface area (Å²) in [5.41, 5.74) is 2.64. The van der Waals surface area contributed by atoms with Gasteiger partial charge in [0.25, 0.3) is 0 Å². The van der Waals surface area contributed by atoms with Crippen LogP contribution in [0.25, 0.3) is 0 Å². The second-order valence-electron chi connectivity index (χ2n) is 7.47. The van der Waals surface area contributed by atoms with E-state index in [0.717, 1.165) is 11.6 Å². The maximum absolute atomic E-state index is 6.21. The smallest absolute Gasteiger partial charge is 0.0426 e. The van der Waals surface area contributed by atoms with Crippen LogP contribution in [0.1, 0.15) is 53.5 Å². The number of anilines is 1. The van der Waals surface area contributed by atoms with Gasteiger partial charge in [-0.3, -0.25) is 0 Å². The molecule has 0 aromatic heterocycles. The topological polar surface area (TPSA) is 15.3 Å². The third-order valence-electron chi connectivity index (χ3n) is 3.71. The molecule has 1 atom stereocenters. The van der Waals surface area contributed by atoms with Crippen LogP contribution in [0, 0.1) is 5.92 Å². The normalized spacial score (nSPS) is 13.6. The molecule has 0 aliphatic heterocycles. The van der Waals surface area contributed by atoms with Crippen LogP contribution < -0.4 is 10.2 Å². The SMILES string of the molecule is CC(C)CC(C)N(C)c1cc(Cl)ccc1CNC(C)(C)C. The van der Waals surface area contributed by atoms with Crippen LogP contribution in [-0.4, -0.2) is 18.6 Å². The Hall–Kier alpha value is -0.730. The quantitative estimate of drug-likeness (QED) is 0.786. The average Bonchev–Trinajstić information content (AvgIpc) is 2.34. The Morgan fingerprint density at radius 2 is 1.81 bits per heavy atom. The minimum Gasteiger partial charge on any atom is -0.372 e. The molecule has 0 aliphatic carbocycles. The first-order chi connectivity index (χ1) is 9.60. The second-order valence-corrected chi connectivity index (χ2v) is 7.90. The minimum atomic E-state index is 0.110. The molecule has 1 rings (SSSR count). The van der Waals surface area contributed by atoms with E-state index < -0.39 is 0 Å². The average molecular weight is 311 g/mol. The third kappa shape index (κ3) is 6.27. The van der Waals surface area contributed by atoms with Crippen molar-refractivity contribution in [3.05, 3.63) is 28.8 Å². The van der Waals surface area contributed by atoms with Gasteiger partial charge in [0.2, 0.25) is 0 Å². The predicted octanol–water partition coefficient (Wildman–Crippen LogP) is 5.10. The summed E-state index contributed by atoms with van der Waals surface area (Å²) in [6.45, 7) is 14.2. The molecule has 0 saturated carbocycles. The van der Waals surface area contributed by atoms with Crippen molar-refractivity contribution >= 4 is 17.3 Å². The van der Waals surface area contributed by atoms with Crippen LogP contribution in [0.5, 0.6) is 0 Å². The summed E-state index contributed by atoms with van der Waals surface area (Å²) in [5.74, 6) is 0.692. The Morgan fingerprint density at radius 1 is 1.19 bits per heavy atom. The number of hydrogen-bond acceptors (Lipinski definition) is 2. The molecule has 0 radical (unpaired) electrons. The van der Waals surface area contributed by atoms with Gasteiger partial charge in [0.15, 0.2) is 0 Å². The first-order valence-corrected chi connectivity index (χ1v) is 8.24. The fourth-order valence-electron chi connectivity index (χ4n) is 2.45. The van der Waals surface area contributed by atoms with E-state index in [1.807, 2.05) is 6.07 Å². The maximum Gasteiger partial charge on any atom is 0.0426 e. The van der Waals surface area contributed by atoms with Crippen molar-refractivity contribution in [2.24, 2.45) is 5.92 Å². The molecular formula is C18H31ClN2. The molecule has 1 N–H and O–H groups in total. The van der Waals surface area contributed by atoms with Crippen LogP contribution in [0.2, 0.25) is 5.02 Å². The van der Waals surface area contributed by atoms with E-state index in [1.165, 1.54) is 17.7 Å². The summed E-state index contributed by atoms with van der Waals surface area (Å²) in [5, 5.41) is 4.36. The minimum absolute atomic E-state index is 0.110. The van der Waals surface area contributed by atoms with Crippen molar-refractivity contribution in [3.63, 3.8) is 0 Å². The summed E-state index contributed by atoms with van der Waals surface area (Å²) in [7, 11) is 2.17. The number of benzene rings is 1. The fourth-order valence-corrected chi connectivity index (χ4v) is 2.62. The van der Waals surface area contributed by atoms with E-state index in [0.29, 0.717) is 12.0 Å². The molecule has 1 aromatic rings. The number of rotatable bonds is 6. The summed E-state index contributed by atoms with van der Waals surface area (Å²) in [6, 6.07) is 6.69. The summed E-state index contributed by atoms with van der Waals surface area (Å²) >= 11 is 6.21. The zero-order valence-electron chi connectivity index (χ0n) is 14.6. The molecule has 0 aliphatic rings. The Balaban J connectivity index is 2.95. The van der Waals surface area contributed by atoms with Crippen molar-refractivity contribution in [1.82, 2.24) is 5.32 Å². The van der Waals surface area contributed by atoms with Gasteiger partial charge >= 0.3 is 0 Å². The molecule has 0 spiro atoms. The maximum atomic E-state index is 6.21. The van der Waals surface area contributed by atoms with Gasteiger partial charge in [0.05, 0.1) is 0 Å². The standard InChI is InChI=1S/C18H31ClN2/c1-13(2)10-14(3)21(7)17-11-16(19)9-8-15(17)12-20-18(4,5)6/h8-9,11,13-14,20H,10,12H2,1-7H3. The Labute approximate surface area is 135 Å². The van der Waals surface area contributed by atoms with Crippen LogP contribution in [0.15, 0.2) is 18.2 Å². The molecule has 0 bridgehead atoms. The van der Waals surface area contributed by atoms with E-state index in [4.69, 9.17) is 11.6 Å². The van der Waals surface area contributed by atoms with Crippen molar-refractivity contribution in [2.75, 3.05) is 11.9 Å². The van der Waals surface area contributed by atoms with Gasteiger partial charge in [-0.2, -0.15) is 0 Å². The first-order valence-electron chi connectivity index (χ1n) is 7.86. The highest BCUT2D eigenvalue weighted by atomic mass is 35.5. The molecule has 120 valence electrons. The van der Waals surface area contributed by atoms with Crippen molar-refractivity contribution < 1.29 is 0 Å². The molecule has 1 unspecified atom stereocenters. The van der Waals surface area contributed by atoms with Gasteiger partial charge in [0.1, 0.15) is 0 Å². The van der Waals surface area contributed by atoms with Crippen LogP contribution >= 0.6 is 11.6 Å². The lowest BCUT2D eigenvalue weighted by atomic mass is 10.0. The highest BCUT2D eigenvalue weighted by Crippen LogP contribution is 2.27. The Morgan fingerprint density at radius 3 is 2.33 bits per heavy atom. The summed E-state index contributed by atoms with van der Waals surface area (Å²) in [4.78, 5) is 2.35. The highest BCUT2D eigenvalue weighted by molar-refractivity contribution is 6.30. The van der Waals surface area contributed by atoms with Crippen LogP contribution in [0.4, 0.5) is 5.69 Å². The van der Waals surface area contributed by atoms with E-state index in [9.17, 15) is 0 Å². The summed E-state index contributed by atoms with van der Waals surface area (Å²) < 4.78 is 0. The molecule has 21 heavy (non-hydrogen) atoms. The molecule has 2 nitrogen and oxygen atoms in total. The number of halogens is 1. The lowest BCUT2D eigenvalue weighted by Gasteiger charge is -2.31. The van der Waals surface area contributed by atoms with Crippen molar-refractivity contribution in [1.29, 1.82) is 0 Å². The third-order valence-corrected chi connectivity index (χ3v) is 3.95. The highest BCUT2D eigenvalue weighted by Gasteiger charge is 2.17. The van der Waals surface area contributed by atoms with E-state index in [2.05, 4.69) is 70.9 Å². The number of nitrogens with zero attached hydrogens (tertiary/aromatic N) is 1. The fraction of sp³-hybridized carbons (Fsp3) is 0.667. The molecule has 1 aromatic carbocycles.